The van der Waals surface area contributed by atoms with Crippen LogP contribution in [0.3, 0.4) is 0 Å². The molecule has 0 spiro atoms. The number of anilines is 2. The fourth-order valence-corrected chi connectivity index (χ4v) is 2.83. The number of carbonyl (C=O) groups is 1. The van der Waals surface area contributed by atoms with Crippen LogP contribution >= 0.6 is 24.0 Å². The predicted molar refractivity (Wildman–Crippen MR) is 105 cm³/mol. The van der Waals surface area contributed by atoms with Crippen LogP contribution in [-0.2, 0) is 4.74 Å². The second-order valence-electron chi connectivity index (χ2n) is 4.83. The van der Waals surface area contributed by atoms with E-state index in [1.54, 1.807) is 17.8 Å². The number of methoxy groups -OCH3 is 1. The molecule has 0 aliphatic carbocycles. The van der Waals surface area contributed by atoms with Crippen molar-refractivity contribution in [3.8, 4) is 5.75 Å². The summed E-state index contributed by atoms with van der Waals surface area (Å²) in [5.41, 5.74) is 7.08. The van der Waals surface area contributed by atoms with Crippen LogP contribution in [0.25, 0.3) is 0 Å². The van der Waals surface area contributed by atoms with Gasteiger partial charge in [-0.05, 0) is 42.5 Å². The molecule has 25 heavy (non-hydrogen) atoms. The molecule has 0 unspecified atom stereocenters. The summed E-state index contributed by atoms with van der Waals surface area (Å²) < 4.78 is 10.1. The van der Waals surface area contributed by atoms with E-state index in [4.69, 9.17) is 22.7 Å². The molecule has 0 aromatic heterocycles. The molecule has 132 valence electrons. The van der Waals surface area contributed by atoms with Crippen molar-refractivity contribution in [1.82, 2.24) is 5.32 Å². The zero-order chi connectivity index (χ0) is 18.1. The fourth-order valence-electron chi connectivity index (χ4n) is 1.87. The third kappa shape index (κ3) is 6.52. The maximum absolute atomic E-state index is 11.1. The van der Waals surface area contributed by atoms with Crippen LogP contribution in [0.4, 0.5) is 16.2 Å². The summed E-state index contributed by atoms with van der Waals surface area (Å²) in [5.74, 6) is 1.63. The van der Waals surface area contributed by atoms with Crippen molar-refractivity contribution in [2.24, 2.45) is 0 Å². The quantitative estimate of drug-likeness (QED) is 0.307. The standard InChI is InChI=1S/C17H19N3O3S2/c1-22-17(21)20-16(24)19-15-11-13(7-8-14(15)18)25-10-9-23-12-5-3-2-4-6-12/h2-8,11H,9-10,18H2,1H3,(H2,19,20,21,24). The summed E-state index contributed by atoms with van der Waals surface area (Å²) in [7, 11) is 1.26. The second kappa shape index (κ2) is 9.75. The van der Waals surface area contributed by atoms with Gasteiger partial charge in [-0.2, -0.15) is 0 Å². The van der Waals surface area contributed by atoms with Crippen LogP contribution < -0.4 is 21.1 Å². The summed E-state index contributed by atoms with van der Waals surface area (Å²) in [5, 5.41) is 5.37. The summed E-state index contributed by atoms with van der Waals surface area (Å²) in [4.78, 5) is 12.2. The summed E-state index contributed by atoms with van der Waals surface area (Å²) in [6.45, 7) is 0.587. The molecule has 2 aromatic rings. The monoisotopic (exact) mass is 377 g/mol. The van der Waals surface area contributed by atoms with Crippen LogP contribution in [0.15, 0.2) is 53.4 Å². The average Bonchev–Trinajstić information content (AvgIpc) is 2.62. The number of hydrogen-bond donors (Lipinski definition) is 3. The van der Waals surface area contributed by atoms with Crippen molar-refractivity contribution in [2.75, 3.05) is 30.5 Å². The van der Waals surface area contributed by atoms with E-state index < -0.39 is 6.09 Å². The highest BCUT2D eigenvalue weighted by Crippen LogP contribution is 2.26. The minimum atomic E-state index is -0.639. The van der Waals surface area contributed by atoms with E-state index in [1.165, 1.54) is 7.11 Å². The van der Waals surface area contributed by atoms with E-state index in [9.17, 15) is 4.79 Å². The van der Waals surface area contributed by atoms with Gasteiger partial charge in [0, 0.05) is 10.6 Å². The first-order valence-electron chi connectivity index (χ1n) is 7.44. The first-order valence-corrected chi connectivity index (χ1v) is 8.84. The summed E-state index contributed by atoms with van der Waals surface area (Å²) in [6, 6.07) is 15.2. The van der Waals surface area contributed by atoms with Gasteiger partial charge in [0.2, 0.25) is 0 Å². The number of hydrogen-bond acceptors (Lipinski definition) is 6. The third-order valence-corrected chi connectivity index (χ3v) is 4.20. The molecule has 0 aliphatic heterocycles. The van der Waals surface area contributed by atoms with Crippen molar-refractivity contribution in [2.45, 2.75) is 4.90 Å². The van der Waals surface area contributed by atoms with Gasteiger partial charge in [0.25, 0.3) is 0 Å². The van der Waals surface area contributed by atoms with E-state index in [2.05, 4.69) is 15.4 Å². The van der Waals surface area contributed by atoms with Crippen molar-refractivity contribution < 1.29 is 14.3 Å². The maximum Gasteiger partial charge on any atom is 0.413 e. The van der Waals surface area contributed by atoms with Crippen LogP contribution in [-0.4, -0.2) is 30.7 Å². The van der Waals surface area contributed by atoms with Gasteiger partial charge in [-0.15, -0.1) is 11.8 Å². The Labute approximate surface area is 156 Å². The predicted octanol–water partition coefficient (Wildman–Crippen LogP) is 3.49. The molecule has 0 atom stereocenters. The normalized spacial score (nSPS) is 9.96. The Morgan fingerprint density at radius 2 is 2.00 bits per heavy atom. The molecule has 0 bridgehead atoms. The number of amides is 1. The highest BCUT2D eigenvalue weighted by atomic mass is 32.2. The molecule has 2 aromatic carbocycles. The first kappa shape index (κ1) is 18.9. The van der Waals surface area contributed by atoms with E-state index in [0.717, 1.165) is 16.4 Å². The molecule has 1 amide bonds. The summed E-state index contributed by atoms with van der Waals surface area (Å²) in [6.07, 6.45) is -0.639. The largest absolute Gasteiger partial charge is 0.493 e. The lowest BCUT2D eigenvalue weighted by molar-refractivity contribution is 0.177. The minimum absolute atomic E-state index is 0.119. The smallest absolute Gasteiger partial charge is 0.413 e. The van der Waals surface area contributed by atoms with Crippen LogP contribution in [0.1, 0.15) is 0 Å². The Kier molecular flexibility index (Phi) is 7.36. The maximum atomic E-state index is 11.1. The molecule has 8 heteroatoms. The Bertz CT molecular complexity index is 726. The van der Waals surface area contributed by atoms with Gasteiger partial charge in [0.05, 0.1) is 25.1 Å². The van der Waals surface area contributed by atoms with E-state index >= 15 is 0 Å². The summed E-state index contributed by atoms with van der Waals surface area (Å²) >= 11 is 6.67. The van der Waals surface area contributed by atoms with E-state index in [-0.39, 0.29) is 5.11 Å². The molecule has 0 heterocycles. The van der Waals surface area contributed by atoms with Crippen molar-refractivity contribution >= 4 is 46.6 Å². The molecule has 4 N–H and O–H groups in total. The lowest BCUT2D eigenvalue weighted by Gasteiger charge is -2.12. The van der Waals surface area contributed by atoms with Crippen molar-refractivity contribution in [3.63, 3.8) is 0 Å². The van der Waals surface area contributed by atoms with Gasteiger partial charge >= 0.3 is 6.09 Å². The molecule has 0 radical (unpaired) electrons. The van der Waals surface area contributed by atoms with Gasteiger partial charge in [-0.25, -0.2) is 4.79 Å². The molecular weight excluding hydrogens is 358 g/mol. The lowest BCUT2D eigenvalue weighted by atomic mass is 10.3. The second-order valence-corrected chi connectivity index (χ2v) is 6.41. The molecule has 2 rings (SSSR count). The zero-order valence-electron chi connectivity index (χ0n) is 13.7. The first-order chi connectivity index (χ1) is 12.1. The van der Waals surface area contributed by atoms with Gasteiger partial charge in [-0.3, -0.25) is 5.32 Å². The number of nitrogens with two attached hydrogens (primary N) is 1. The molecule has 6 nitrogen and oxygen atoms in total. The highest BCUT2D eigenvalue weighted by molar-refractivity contribution is 7.99. The topological polar surface area (TPSA) is 85.6 Å². The van der Waals surface area contributed by atoms with Gasteiger partial charge in [-0.1, -0.05) is 18.2 Å². The number of alkyl carbamates (subject to hydrolysis) is 1. The fraction of sp³-hybridized carbons (Fsp3) is 0.176. The molecule has 0 saturated carbocycles. The van der Waals surface area contributed by atoms with Gasteiger partial charge < -0.3 is 20.5 Å². The molecule has 0 saturated heterocycles. The van der Waals surface area contributed by atoms with E-state index in [0.29, 0.717) is 18.0 Å². The number of thiocarbonyl (C=S) groups is 1. The van der Waals surface area contributed by atoms with Crippen molar-refractivity contribution in [3.05, 3.63) is 48.5 Å². The number of nitrogens with one attached hydrogen (secondary N) is 2. The van der Waals surface area contributed by atoms with Gasteiger partial charge in [0.1, 0.15) is 5.75 Å². The Balaban J connectivity index is 1.85. The number of para-hydroxylation sites is 1. The average molecular weight is 377 g/mol. The Hall–Kier alpha value is -2.45. The van der Waals surface area contributed by atoms with Crippen molar-refractivity contribution in [1.29, 1.82) is 0 Å². The van der Waals surface area contributed by atoms with Gasteiger partial charge in [0.15, 0.2) is 5.11 Å². The number of rotatable bonds is 6. The molecular formula is C17H19N3O3S2. The Morgan fingerprint density at radius 3 is 2.72 bits per heavy atom. The number of benzene rings is 2. The SMILES string of the molecule is COC(=O)NC(=S)Nc1cc(SCCOc2ccccc2)ccc1N. The van der Waals surface area contributed by atoms with Crippen LogP contribution in [0, 0.1) is 0 Å². The number of thioether (sulfide) groups is 1. The number of nitrogen functional groups attached to an aromatic ring is 1. The molecule has 0 fully saturated rings. The number of carbonyl (C=O) groups excluding carboxylic acids is 1. The zero-order valence-corrected chi connectivity index (χ0v) is 15.3. The lowest BCUT2D eigenvalue weighted by Crippen LogP contribution is -2.34. The van der Waals surface area contributed by atoms with Crippen LogP contribution in [0.2, 0.25) is 0 Å². The van der Waals surface area contributed by atoms with E-state index in [1.807, 2.05) is 42.5 Å². The number of ether oxygens (including phenoxy) is 2. The molecule has 0 aliphatic rings. The minimum Gasteiger partial charge on any atom is -0.493 e. The Morgan fingerprint density at radius 1 is 1.24 bits per heavy atom. The third-order valence-electron chi connectivity index (χ3n) is 3.04. The van der Waals surface area contributed by atoms with Crippen LogP contribution in [0.5, 0.6) is 5.75 Å². The highest BCUT2D eigenvalue weighted by Gasteiger charge is 2.07.